The van der Waals surface area contributed by atoms with Crippen molar-refractivity contribution >= 4 is 16.9 Å². The minimum absolute atomic E-state index is 0.156. The summed E-state index contributed by atoms with van der Waals surface area (Å²) in [6.07, 6.45) is 6.14. The maximum Gasteiger partial charge on any atom is 0.352 e. The molecule has 1 N–H and O–H groups in total. The molecule has 21 heavy (non-hydrogen) atoms. The molecule has 0 bridgehead atoms. The lowest BCUT2D eigenvalue weighted by Gasteiger charge is -2.35. The van der Waals surface area contributed by atoms with E-state index in [0.717, 1.165) is 16.7 Å². The van der Waals surface area contributed by atoms with Gasteiger partial charge < -0.3 is 14.4 Å². The Morgan fingerprint density at radius 1 is 1.24 bits per heavy atom. The van der Waals surface area contributed by atoms with Crippen LogP contribution in [0.3, 0.4) is 0 Å². The number of aromatic nitrogens is 1. The SMILES string of the molecule is O=C(O)c1cc2cccc3c2n1C(C1CCCCC1)CO3. The van der Waals surface area contributed by atoms with E-state index in [1.54, 1.807) is 6.07 Å². The first-order chi connectivity index (χ1) is 10.3. The third-order valence-corrected chi connectivity index (χ3v) is 4.98. The highest BCUT2D eigenvalue weighted by atomic mass is 16.5. The zero-order valence-electron chi connectivity index (χ0n) is 11.9. The second-order valence-corrected chi connectivity index (χ2v) is 6.18. The van der Waals surface area contributed by atoms with Gasteiger partial charge in [-0.3, -0.25) is 0 Å². The van der Waals surface area contributed by atoms with E-state index in [1.807, 2.05) is 22.8 Å². The number of hydrogen-bond acceptors (Lipinski definition) is 2. The predicted octanol–water partition coefficient (Wildman–Crippen LogP) is 3.85. The van der Waals surface area contributed by atoms with E-state index in [2.05, 4.69) is 0 Å². The monoisotopic (exact) mass is 285 g/mol. The number of carboxylic acid groups (broad SMARTS) is 1. The maximum atomic E-state index is 11.7. The summed E-state index contributed by atoms with van der Waals surface area (Å²) in [4.78, 5) is 11.7. The number of carbonyl (C=O) groups is 1. The van der Waals surface area contributed by atoms with Gasteiger partial charge in [0.15, 0.2) is 0 Å². The van der Waals surface area contributed by atoms with Crippen molar-refractivity contribution in [3.05, 3.63) is 30.0 Å². The van der Waals surface area contributed by atoms with Gasteiger partial charge in [-0.15, -0.1) is 0 Å². The standard InChI is InChI=1S/C17H19NO3/c19-17(20)13-9-12-7-4-8-15-16(12)18(13)14(10-21-15)11-5-2-1-3-6-11/h4,7-9,11,14H,1-3,5-6,10H2,(H,19,20). The van der Waals surface area contributed by atoms with Crippen LogP contribution in [0.25, 0.3) is 10.9 Å². The van der Waals surface area contributed by atoms with Gasteiger partial charge in [0.25, 0.3) is 0 Å². The summed E-state index contributed by atoms with van der Waals surface area (Å²) in [7, 11) is 0. The minimum Gasteiger partial charge on any atom is -0.489 e. The highest BCUT2D eigenvalue weighted by molar-refractivity contribution is 5.97. The summed E-state index contributed by atoms with van der Waals surface area (Å²) in [5.74, 6) is 0.493. The number of benzene rings is 1. The molecule has 1 aromatic carbocycles. The molecule has 1 saturated carbocycles. The van der Waals surface area contributed by atoms with E-state index >= 15 is 0 Å². The van der Waals surface area contributed by atoms with E-state index < -0.39 is 5.97 Å². The Morgan fingerprint density at radius 2 is 2.05 bits per heavy atom. The van der Waals surface area contributed by atoms with Gasteiger partial charge in [0.2, 0.25) is 0 Å². The zero-order chi connectivity index (χ0) is 14.4. The summed E-state index contributed by atoms with van der Waals surface area (Å²) < 4.78 is 7.97. The Labute approximate surface area is 123 Å². The fourth-order valence-corrected chi connectivity index (χ4v) is 3.99. The van der Waals surface area contributed by atoms with Crippen LogP contribution in [0.5, 0.6) is 5.75 Å². The molecule has 1 unspecified atom stereocenters. The van der Waals surface area contributed by atoms with Crippen LogP contribution in [0.2, 0.25) is 0 Å². The number of ether oxygens (including phenoxy) is 1. The van der Waals surface area contributed by atoms with Crippen molar-refractivity contribution in [2.75, 3.05) is 6.61 Å². The maximum absolute atomic E-state index is 11.7. The first kappa shape index (κ1) is 12.7. The number of aromatic carboxylic acids is 1. The zero-order valence-corrected chi connectivity index (χ0v) is 11.9. The predicted molar refractivity (Wildman–Crippen MR) is 80.0 cm³/mol. The van der Waals surface area contributed by atoms with Gasteiger partial charge in [-0.05, 0) is 30.9 Å². The first-order valence-electron chi connectivity index (χ1n) is 7.76. The van der Waals surface area contributed by atoms with Crippen molar-refractivity contribution in [2.24, 2.45) is 5.92 Å². The number of carboxylic acids is 1. The highest BCUT2D eigenvalue weighted by Crippen LogP contribution is 2.42. The molecule has 1 atom stereocenters. The van der Waals surface area contributed by atoms with E-state index in [-0.39, 0.29) is 6.04 Å². The fourth-order valence-electron chi connectivity index (χ4n) is 3.99. The molecule has 0 amide bonds. The van der Waals surface area contributed by atoms with Crippen LogP contribution in [0, 0.1) is 5.92 Å². The molecule has 2 aliphatic rings. The molecule has 0 spiro atoms. The molecule has 2 heterocycles. The Morgan fingerprint density at radius 3 is 2.81 bits per heavy atom. The average molecular weight is 285 g/mol. The smallest absolute Gasteiger partial charge is 0.352 e. The topological polar surface area (TPSA) is 51.5 Å². The number of hydrogen-bond donors (Lipinski definition) is 1. The van der Waals surface area contributed by atoms with Gasteiger partial charge in [0.05, 0.1) is 11.6 Å². The average Bonchev–Trinajstić information content (AvgIpc) is 2.91. The summed E-state index contributed by atoms with van der Waals surface area (Å²) in [6.45, 7) is 0.589. The van der Waals surface area contributed by atoms with Gasteiger partial charge in [-0.25, -0.2) is 4.79 Å². The van der Waals surface area contributed by atoms with Crippen LogP contribution in [-0.4, -0.2) is 22.2 Å². The van der Waals surface area contributed by atoms with Crippen LogP contribution in [-0.2, 0) is 0 Å². The Bertz CT molecular complexity index is 697. The number of rotatable bonds is 2. The summed E-state index contributed by atoms with van der Waals surface area (Å²) >= 11 is 0. The molecule has 1 aliphatic heterocycles. The largest absolute Gasteiger partial charge is 0.489 e. The van der Waals surface area contributed by atoms with Gasteiger partial charge >= 0.3 is 5.97 Å². The molecule has 4 nitrogen and oxygen atoms in total. The fraction of sp³-hybridized carbons (Fsp3) is 0.471. The van der Waals surface area contributed by atoms with Crippen LogP contribution in [0.1, 0.15) is 48.6 Å². The minimum atomic E-state index is -0.847. The molecular weight excluding hydrogens is 266 g/mol. The molecule has 4 heteroatoms. The van der Waals surface area contributed by atoms with Crippen molar-refractivity contribution < 1.29 is 14.6 Å². The van der Waals surface area contributed by atoms with Gasteiger partial charge in [-0.1, -0.05) is 31.4 Å². The van der Waals surface area contributed by atoms with E-state index in [9.17, 15) is 9.90 Å². The van der Waals surface area contributed by atoms with Crippen molar-refractivity contribution in [1.82, 2.24) is 4.57 Å². The van der Waals surface area contributed by atoms with Gasteiger partial charge in [0.1, 0.15) is 18.1 Å². The van der Waals surface area contributed by atoms with Crippen LogP contribution in [0.15, 0.2) is 24.3 Å². The second kappa shape index (κ2) is 4.79. The second-order valence-electron chi connectivity index (χ2n) is 6.18. The summed E-state index contributed by atoms with van der Waals surface area (Å²) in [5.41, 5.74) is 1.35. The number of para-hydroxylation sites is 1. The van der Waals surface area contributed by atoms with Crippen LogP contribution in [0.4, 0.5) is 0 Å². The Kier molecular flexibility index (Phi) is 2.91. The quantitative estimate of drug-likeness (QED) is 0.911. The van der Waals surface area contributed by atoms with Crippen molar-refractivity contribution in [2.45, 2.75) is 38.1 Å². The third kappa shape index (κ3) is 1.93. The summed E-state index contributed by atoms with van der Waals surface area (Å²) in [6, 6.07) is 7.76. The molecule has 2 aromatic rings. The molecule has 1 fully saturated rings. The van der Waals surface area contributed by atoms with E-state index in [1.165, 1.54) is 32.1 Å². The molecule has 4 rings (SSSR count). The van der Waals surface area contributed by atoms with Crippen molar-refractivity contribution in [1.29, 1.82) is 0 Å². The van der Waals surface area contributed by atoms with Crippen molar-refractivity contribution in [3.8, 4) is 5.75 Å². The van der Waals surface area contributed by atoms with Gasteiger partial charge in [0, 0.05) is 5.39 Å². The van der Waals surface area contributed by atoms with Crippen LogP contribution >= 0.6 is 0 Å². The molecule has 0 saturated heterocycles. The molecule has 1 aliphatic carbocycles. The highest BCUT2D eigenvalue weighted by Gasteiger charge is 2.33. The normalized spacial score (nSPS) is 22.2. The van der Waals surface area contributed by atoms with Gasteiger partial charge in [-0.2, -0.15) is 0 Å². The number of nitrogens with zero attached hydrogens (tertiary/aromatic N) is 1. The first-order valence-corrected chi connectivity index (χ1v) is 7.76. The van der Waals surface area contributed by atoms with E-state index in [0.29, 0.717) is 18.2 Å². The molecule has 110 valence electrons. The van der Waals surface area contributed by atoms with E-state index in [4.69, 9.17) is 4.74 Å². The third-order valence-electron chi connectivity index (χ3n) is 4.98. The molecule has 0 radical (unpaired) electrons. The Balaban J connectivity index is 1.89. The lowest BCUT2D eigenvalue weighted by Crippen LogP contribution is -2.31. The lowest BCUT2D eigenvalue weighted by atomic mass is 9.83. The van der Waals surface area contributed by atoms with Crippen molar-refractivity contribution in [3.63, 3.8) is 0 Å². The molecule has 1 aromatic heterocycles. The lowest BCUT2D eigenvalue weighted by molar-refractivity contribution is 0.0671. The Hall–Kier alpha value is -1.97. The van der Waals surface area contributed by atoms with Crippen LogP contribution < -0.4 is 4.74 Å². The summed E-state index contributed by atoms with van der Waals surface area (Å²) in [5, 5.41) is 10.5. The molecular formula is C17H19NO3.